The van der Waals surface area contributed by atoms with Gasteiger partial charge in [-0.15, -0.1) is 11.6 Å². The van der Waals surface area contributed by atoms with Crippen LogP contribution >= 0.6 is 27.5 Å². The molecule has 0 saturated heterocycles. The third-order valence-corrected chi connectivity index (χ3v) is 1.18. The zero-order valence-corrected chi connectivity index (χ0v) is 6.63. The van der Waals surface area contributed by atoms with Gasteiger partial charge in [-0.2, -0.15) is 0 Å². The predicted octanol–water partition coefficient (Wildman–Crippen LogP) is 0.736. The number of nitrogens with one attached hydrogen (secondary N) is 1. The number of rotatable bonds is 3. The van der Waals surface area contributed by atoms with Crippen molar-refractivity contribution < 1.29 is 4.79 Å². The Labute approximate surface area is 61.7 Å². The smallest absolute Gasteiger partial charge is 0.234 e. The van der Waals surface area contributed by atoms with E-state index < -0.39 is 0 Å². The molecule has 0 spiro atoms. The van der Waals surface area contributed by atoms with Crippen molar-refractivity contribution in [2.24, 2.45) is 0 Å². The van der Waals surface area contributed by atoms with Crippen LogP contribution in [0.5, 0.6) is 0 Å². The molecule has 1 amide bonds. The number of hydrogen-bond donors (Lipinski definition) is 1. The first-order valence-corrected chi connectivity index (χ1v) is 3.85. The van der Waals surface area contributed by atoms with Crippen LogP contribution in [0.2, 0.25) is 0 Å². The van der Waals surface area contributed by atoms with Crippen molar-refractivity contribution in [3.8, 4) is 0 Å². The summed E-state index contributed by atoms with van der Waals surface area (Å²) >= 11 is 8.31. The van der Waals surface area contributed by atoms with E-state index in [1.165, 1.54) is 0 Å². The van der Waals surface area contributed by atoms with Gasteiger partial charge in [0.15, 0.2) is 0 Å². The predicted molar refractivity (Wildman–Crippen MR) is 37.5 cm³/mol. The Balaban J connectivity index is 2.99. The number of carbonyl (C=O) groups excluding carboxylic acids is 1. The summed E-state index contributed by atoms with van der Waals surface area (Å²) in [5.41, 5.74) is 0. The van der Waals surface area contributed by atoms with Crippen LogP contribution in [0.3, 0.4) is 0 Å². The normalized spacial score (nSPS) is 8.75. The lowest BCUT2D eigenvalue weighted by atomic mass is 10.6. The van der Waals surface area contributed by atoms with Crippen molar-refractivity contribution in [1.29, 1.82) is 0 Å². The first-order chi connectivity index (χ1) is 3.81. The van der Waals surface area contributed by atoms with E-state index >= 15 is 0 Å². The van der Waals surface area contributed by atoms with Gasteiger partial charge in [0.05, 0.1) is 0 Å². The van der Waals surface area contributed by atoms with E-state index in [0.717, 1.165) is 5.33 Å². The quantitative estimate of drug-likeness (QED) is 0.669. The van der Waals surface area contributed by atoms with Gasteiger partial charge in [0.25, 0.3) is 0 Å². The van der Waals surface area contributed by atoms with Crippen molar-refractivity contribution in [2.75, 3.05) is 17.8 Å². The van der Waals surface area contributed by atoms with E-state index in [1.807, 2.05) is 0 Å². The maximum Gasteiger partial charge on any atom is 0.234 e. The molecule has 8 heavy (non-hydrogen) atoms. The highest BCUT2D eigenvalue weighted by atomic mass is 79.9. The second-order valence-electron chi connectivity index (χ2n) is 1.17. The number of alkyl halides is 2. The van der Waals surface area contributed by atoms with Crippen molar-refractivity contribution in [3.63, 3.8) is 0 Å². The molecule has 0 saturated carbocycles. The summed E-state index contributed by atoms with van der Waals surface area (Å²) in [4.78, 5) is 10.3. The molecule has 0 unspecified atom stereocenters. The van der Waals surface area contributed by atoms with Gasteiger partial charge in [-0.3, -0.25) is 4.79 Å². The summed E-state index contributed by atoms with van der Waals surface area (Å²) < 4.78 is 0. The topological polar surface area (TPSA) is 29.1 Å². The van der Waals surface area contributed by atoms with Crippen molar-refractivity contribution in [1.82, 2.24) is 5.32 Å². The maximum atomic E-state index is 10.3. The van der Waals surface area contributed by atoms with Crippen molar-refractivity contribution >= 4 is 33.4 Å². The van der Waals surface area contributed by atoms with Crippen LogP contribution in [-0.4, -0.2) is 23.7 Å². The molecular formula is C4H7BrClNO. The minimum absolute atomic E-state index is 0.0486. The lowest BCUT2D eigenvalue weighted by Crippen LogP contribution is -2.25. The molecule has 4 heteroatoms. The van der Waals surface area contributed by atoms with Crippen LogP contribution < -0.4 is 5.32 Å². The zero-order valence-electron chi connectivity index (χ0n) is 4.29. The molecule has 0 aliphatic heterocycles. The first kappa shape index (κ1) is 8.24. The van der Waals surface area contributed by atoms with Gasteiger partial charge in [-0.05, 0) is 0 Å². The van der Waals surface area contributed by atoms with Gasteiger partial charge in [-0.25, -0.2) is 0 Å². The van der Waals surface area contributed by atoms with E-state index in [0.29, 0.717) is 6.54 Å². The highest BCUT2D eigenvalue weighted by molar-refractivity contribution is 9.09. The largest absolute Gasteiger partial charge is 0.354 e. The number of halogens is 2. The fourth-order valence-corrected chi connectivity index (χ4v) is 0.527. The SMILES string of the molecule is O=C(CCl)NCCBr. The van der Waals surface area contributed by atoms with E-state index in [2.05, 4.69) is 21.2 Å². The van der Waals surface area contributed by atoms with Gasteiger partial charge in [-0.1, -0.05) is 15.9 Å². The first-order valence-electron chi connectivity index (χ1n) is 2.20. The highest BCUT2D eigenvalue weighted by Gasteiger charge is 1.92. The number of carbonyl (C=O) groups is 1. The molecule has 0 atom stereocenters. The Hall–Kier alpha value is 0.240. The van der Waals surface area contributed by atoms with Gasteiger partial charge < -0.3 is 5.32 Å². The third kappa shape index (κ3) is 4.40. The van der Waals surface area contributed by atoms with E-state index in [1.54, 1.807) is 0 Å². The van der Waals surface area contributed by atoms with Crippen LogP contribution in [0, 0.1) is 0 Å². The maximum absolute atomic E-state index is 10.3. The number of amides is 1. The van der Waals surface area contributed by atoms with Crippen LogP contribution in [-0.2, 0) is 4.79 Å². The molecule has 0 rings (SSSR count). The zero-order chi connectivity index (χ0) is 6.41. The Kier molecular flexibility index (Phi) is 5.54. The van der Waals surface area contributed by atoms with Crippen LogP contribution in [0.1, 0.15) is 0 Å². The number of hydrogen-bond acceptors (Lipinski definition) is 1. The van der Waals surface area contributed by atoms with Crippen molar-refractivity contribution in [2.45, 2.75) is 0 Å². The molecule has 0 bridgehead atoms. The standard InChI is InChI=1S/C4H7BrClNO/c5-1-2-7-4(8)3-6/h1-3H2,(H,7,8). The highest BCUT2D eigenvalue weighted by Crippen LogP contribution is 1.76. The summed E-state index contributed by atoms with van der Waals surface area (Å²) in [5.74, 6) is -0.0707. The molecule has 1 N–H and O–H groups in total. The van der Waals surface area contributed by atoms with Crippen LogP contribution in [0.25, 0.3) is 0 Å². The van der Waals surface area contributed by atoms with Gasteiger partial charge in [0.1, 0.15) is 5.88 Å². The minimum Gasteiger partial charge on any atom is -0.354 e. The fraction of sp³-hybridized carbons (Fsp3) is 0.750. The minimum atomic E-state index is -0.119. The Morgan fingerprint density at radius 2 is 2.38 bits per heavy atom. The van der Waals surface area contributed by atoms with Crippen molar-refractivity contribution in [3.05, 3.63) is 0 Å². The summed E-state index contributed by atoms with van der Waals surface area (Å²) in [6, 6.07) is 0. The molecule has 0 aromatic heterocycles. The lowest BCUT2D eigenvalue weighted by molar-refractivity contribution is -0.118. The fourth-order valence-electron chi connectivity index (χ4n) is 0.234. The van der Waals surface area contributed by atoms with E-state index in [4.69, 9.17) is 11.6 Å². The molecule has 0 heterocycles. The van der Waals surface area contributed by atoms with Crippen LogP contribution in [0.4, 0.5) is 0 Å². The molecule has 0 radical (unpaired) electrons. The van der Waals surface area contributed by atoms with Crippen LogP contribution in [0.15, 0.2) is 0 Å². The monoisotopic (exact) mass is 199 g/mol. The molecule has 48 valence electrons. The molecule has 0 aliphatic carbocycles. The summed E-state index contributed by atoms with van der Waals surface area (Å²) in [5, 5.41) is 3.34. The Morgan fingerprint density at radius 1 is 1.75 bits per heavy atom. The Bertz CT molecular complexity index is 78.4. The van der Waals surface area contributed by atoms with E-state index in [-0.39, 0.29) is 11.8 Å². The van der Waals surface area contributed by atoms with Gasteiger partial charge in [0.2, 0.25) is 5.91 Å². The molecule has 0 aromatic rings. The summed E-state index contributed by atoms with van der Waals surface area (Å²) in [7, 11) is 0. The molecule has 2 nitrogen and oxygen atoms in total. The average molecular weight is 200 g/mol. The molecule has 0 aromatic carbocycles. The molecule has 0 fully saturated rings. The summed E-state index contributed by atoms with van der Waals surface area (Å²) in [6.07, 6.45) is 0. The lowest BCUT2D eigenvalue weighted by Gasteiger charge is -1.95. The van der Waals surface area contributed by atoms with Gasteiger partial charge in [0, 0.05) is 11.9 Å². The van der Waals surface area contributed by atoms with E-state index in [9.17, 15) is 4.79 Å². The average Bonchev–Trinajstić information content (AvgIpc) is 1.83. The molecule has 0 aliphatic rings. The second kappa shape index (κ2) is 5.38. The van der Waals surface area contributed by atoms with Gasteiger partial charge >= 0.3 is 0 Å². The molecular weight excluding hydrogens is 193 g/mol. The Morgan fingerprint density at radius 3 is 2.75 bits per heavy atom. The third-order valence-electron chi connectivity index (χ3n) is 0.538. The summed E-state index contributed by atoms with van der Waals surface area (Å²) in [6.45, 7) is 0.644. The second-order valence-corrected chi connectivity index (χ2v) is 2.23.